The lowest BCUT2D eigenvalue weighted by atomic mass is 9.84. The minimum Gasteiger partial charge on any atom is -0.504 e. The highest BCUT2D eigenvalue weighted by Gasteiger charge is 2.32. The van der Waals surface area contributed by atoms with Gasteiger partial charge in [0, 0.05) is 0 Å². The Bertz CT molecular complexity index is 609. The molecule has 1 rings (SSSR count). The summed E-state index contributed by atoms with van der Waals surface area (Å²) in [5, 5.41) is 20.6. The van der Waals surface area contributed by atoms with Crippen molar-refractivity contribution in [3.05, 3.63) is 18.2 Å². The van der Waals surface area contributed by atoms with E-state index in [0.717, 1.165) is 19.3 Å². The average Bonchev–Trinajstić information content (AvgIpc) is 2.88. The Labute approximate surface area is 224 Å². The van der Waals surface area contributed by atoms with Crippen LogP contribution in [0.1, 0.15) is 168 Å². The summed E-state index contributed by atoms with van der Waals surface area (Å²) < 4.78 is 6.72. The van der Waals surface area contributed by atoms with Crippen molar-refractivity contribution in [2.75, 3.05) is 0 Å². The summed E-state index contributed by atoms with van der Waals surface area (Å²) in [7, 11) is 0. The number of phenols is 2. The molecule has 0 aliphatic rings. The largest absolute Gasteiger partial charge is 0.504 e. The Hall–Kier alpha value is -1.38. The molecule has 0 unspecified atom stereocenters. The molecular weight excluding hydrogens is 444 g/mol. The first-order chi connectivity index (χ1) is 17.6. The van der Waals surface area contributed by atoms with E-state index in [1.807, 2.05) is 6.07 Å². The van der Waals surface area contributed by atoms with E-state index in [0.29, 0.717) is 5.75 Å². The average molecular weight is 505 g/mol. The Morgan fingerprint density at radius 3 is 1.28 bits per heavy atom. The fraction of sp³-hybridized carbons (Fsp3) is 0.818. The van der Waals surface area contributed by atoms with Crippen molar-refractivity contribution in [2.24, 2.45) is 0 Å². The van der Waals surface area contributed by atoms with Crippen molar-refractivity contribution in [1.82, 2.24) is 0 Å². The predicted octanol–water partition coefficient (Wildman–Crippen LogP) is 11.2. The van der Waals surface area contributed by atoms with Gasteiger partial charge in [-0.1, -0.05) is 136 Å². The molecule has 1 aromatic rings. The maximum atomic E-state index is 10.5. The minimum atomic E-state index is -0.247. The molecule has 0 amide bonds. The van der Waals surface area contributed by atoms with Crippen LogP contribution in [0, 0.1) is 0 Å². The standard InChI is InChI=1S/C33H60O3/c1-4-7-10-13-16-19-22-28-33(27-21-18-15-12-9-6-3,29-23-20-17-14-11-8-5-2)36-31-26-24-25-30(34)32(31)35/h24-26,34-35H,4-23,27-29H2,1-3H3. The zero-order valence-electron chi connectivity index (χ0n) is 24.3. The van der Waals surface area contributed by atoms with Crippen LogP contribution >= 0.6 is 0 Å². The van der Waals surface area contributed by atoms with Crippen LogP contribution < -0.4 is 4.74 Å². The number of rotatable bonds is 25. The number of benzene rings is 1. The number of hydrogen-bond acceptors (Lipinski definition) is 3. The molecule has 3 nitrogen and oxygen atoms in total. The number of ether oxygens (including phenoxy) is 1. The van der Waals surface area contributed by atoms with Crippen LogP contribution in [0.2, 0.25) is 0 Å². The molecule has 0 aromatic heterocycles. The molecule has 0 saturated carbocycles. The summed E-state index contributed by atoms with van der Waals surface area (Å²) >= 11 is 0. The summed E-state index contributed by atoms with van der Waals surface area (Å²) in [6.07, 6.45) is 28.9. The Balaban J connectivity index is 2.83. The van der Waals surface area contributed by atoms with Crippen LogP contribution in [0.3, 0.4) is 0 Å². The molecule has 0 radical (unpaired) electrons. The summed E-state index contributed by atoms with van der Waals surface area (Å²) in [5.41, 5.74) is -0.247. The molecule has 0 bridgehead atoms. The molecular formula is C33H60O3. The quantitative estimate of drug-likeness (QED) is 0.103. The molecule has 3 heteroatoms. The van der Waals surface area contributed by atoms with Crippen molar-refractivity contribution in [2.45, 2.75) is 174 Å². The minimum absolute atomic E-state index is 0.0900. The maximum absolute atomic E-state index is 10.5. The van der Waals surface area contributed by atoms with E-state index in [-0.39, 0.29) is 17.1 Å². The molecule has 210 valence electrons. The third-order valence-corrected chi connectivity index (χ3v) is 7.76. The molecule has 2 N–H and O–H groups in total. The molecule has 0 heterocycles. The third kappa shape index (κ3) is 15.0. The third-order valence-electron chi connectivity index (χ3n) is 7.76. The second-order valence-electron chi connectivity index (χ2n) is 11.2. The number of hydrogen-bond donors (Lipinski definition) is 2. The van der Waals surface area contributed by atoms with Crippen LogP contribution in [0.5, 0.6) is 17.2 Å². The van der Waals surface area contributed by atoms with Gasteiger partial charge in [0.1, 0.15) is 5.60 Å². The Morgan fingerprint density at radius 1 is 0.528 bits per heavy atom. The van der Waals surface area contributed by atoms with Gasteiger partial charge in [-0.05, 0) is 50.7 Å². The van der Waals surface area contributed by atoms with E-state index in [2.05, 4.69) is 20.8 Å². The number of aromatic hydroxyl groups is 2. The molecule has 0 spiro atoms. The van der Waals surface area contributed by atoms with Gasteiger partial charge in [-0.2, -0.15) is 0 Å². The number of phenolic OH excluding ortho intramolecular Hbond substituents is 2. The fourth-order valence-corrected chi connectivity index (χ4v) is 5.39. The monoisotopic (exact) mass is 504 g/mol. The van der Waals surface area contributed by atoms with Gasteiger partial charge in [-0.25, -0.2) is 0 Å². The molecule has 0 aliphatic heterocycles. The maximum Gasteiger partial charge on any atom is 0.200 e. The second-order valence-corrected chi connectivity index (χ2v) is 11.2. The molecule has 1 aromatic carbocycles. The van der Waals surface area contributed by atoms with Crippen LogP contribution in [-0.2, 0) is 0 Å². The summed E-state index contributed by atoms with van der Waals surface area (Å²) in [6, 6.07) is 5.13. The zero-order chi connectivity index (χ0) is 26.3. The Kier molecular flexibility index (Phi) is 19.7. The van der Waals surface area contributed by atoms with Gasteiger partial charge in [0.15, 0.2) is 11.5 Å². The molecule has 0 aliphatic carbocycles. The first-order valence-corrected chi connectivity index (χ1v) is 15.8. The van der Waals surface area contributed by atoms with E-state index in [9.17, 15) is 10.2 Å². The zero-order valence-corrected chi connectivity index (χ0v) is 24.3. The van der Waals surface area contributed by atoms with E-state index < -0.39 is 0 Å². The Morgan fingerprint density at radius 2 is 0.889 bits per heavy atom. The van der Waals surface area contributed by atoms with E-state index in [4.69, 9.17) is 4.74 Å². The summed E-state index contributed by atoms with van der Waals surface area (Å²) in [6.45, 7) is 6.81. The van der Waals surface area contributed by atoms with E-state index >= 15 is 0 Å². The van der Waals surface area contributed by atoms with E-state index in [1.54, 1.807) is 6.07 Å². The highest BCUT2D eigenvalue weighted by atomic mass is 16.5. The SMILES string of the molecule is CCCCCCCCCC(CCCCCCCC)(CCCCCCCCC)Oc1cccc(O)c1O. The van der Waals surface area contributed by atoms with Crippen LogP contribution in [-0.4, -0.2) is 15.8 Å². The normalized spacial score (nSPS) is 11.8. The van der Waals surface area contributed by atoms with Crippen LogP contribution in [0.4, 0.5) is 0 Å². The van der Waals surface area contributed by atoms with Crippen molar-refractivity contribution < 1.29 is 14.9 Å². The lowest BCUT2D eigenvalue weighted by Crippen LogP contribution is -2.36. The predicted molar refractivity (Wildman–Crippen MR) is 156 cm³/mol. The van der Waals surface area contributed by atoms with Crippen molar-refractivity contribution in [1.29, 1.82) is 0 Å². The van der Waals surface area contributed by atoms with Crippen LogP contribution in [0.25, 0.3) is 0 Å². The number of unbranched alkanes of at least 4 members (excludes halogenated alkanes) is 17. The fourth-order valence-electron chi connectivity index (χ4n) is 5.39. The highest BCUT2D eigenvalue weighted by molar-refractivity contribution is 5.49. The highest BCUT2D eigenvalue weighted by Crippen LogP contribution is 2.41. The van der Waals surface area contributed by atoms with Crippen molar-refractivity contribution >= 4 is 0 Å². The first-order valence-electron chi connectivity index (χ1n) is 15.8. The summed E-state index contributed by atoms with van der Waals surface area (Å²) in [4.78, 5) is 0. The van der Waals surface area contributed by atoms with Gasteiger partial charge in [0.25, 0.3) is 0 Å². The lowest BCUT2D eigenvalue weighted by molar-refractivity contribution is 0.0305. The summed E-state index contributed by atoms with van der Waals surface area (Å²) in [5.74, 6) is 0.253. The number of para-hydroxylation sites is 1. The molecule has 36 heavy (non-hydrogen) atoms. The van der Waals surface area contributed by atoms with Gasteiger partial charge in [-0.15, -0.1) is 0 Å². The first kappa shape index (κ1) is 32.6. The van der Waals surface area contributed by atoms with Gasteiger partial charge < -0.3 is 14.9 Å². The van der Waals surface area contributed by atoms with Crippen molar-refractivity contribution in [3.8, 4) is 17.2 Å². The van der Waals surface area contributed by atoms with Gasteiger partial charge in [-0.3, -0.25) is 0 Å². The topological polar surface area (TPSA) is 49.7 Å². The lowest BCUT2D eigenvalue weighted by Gasteiger charge is -2.36. The smallest absolute Gasteiger partial charge is 0.200 e. The molecule has 0 saturated heterocycles. The molecule has 0 fully saturated rings. The van der Waals surface area contributed by atoms with Gasteiger partial charge in [0.05, 0.1) is 0 Å². The van der Waals surface area contributed by atoms with Gasteiger partial charge in [0.2, 0.25) is 5.75 Å². The van der Waals surface area contributed by atoms with Crippen molar-refractivity contribution in [3.63, 3.8) is 0 Å². The second kappa shape index (κ2) is 21.7. The van der Waals surface area contributed by atoms with E-state index in [1.165, 1.54) is 134 Å². The molecule has 0 atom stereocenters. The van der Waals surface area contributed by atoms with Gasteiger partial charge >= 0.3 is 0 Å². The van der Waals surface area contributed by atoms with Crippen LogP contribution in [0.15, 0.2) is 18.2 Å².